The number of sulfonamides is 1. The molecular weight excluding hydrogens is 269 g/mol. The molecule has 0 heterocycles. The fourth-order valence-electron chi connectivity index (χ4n) is 1.63. The van der Waals surface area contributed by atoms with Gasteiger partial charge in [-0.05, 0) is 30.9 Å². The Labute approximate surface area is 114 Å². The number of unbranched alkanes of at least 4 members (excludes halogenated alkanes) is 1. The molecule has 1 aromatic rings. The molecule has 0 unspecified atom stereocenters. The molecule has 0 aliphatic rings. The van der Waals surface area contributed by atoms with Gasteiger partial charge < -0.3 is 4.74 Å². The summed E-state index contributed by atoms with van der Waals surface area (Å²) in [5.74, 6) is -0.236. The second-order valence-corrected chi connectivity index (χ2v) is 6.18. The Kier molecular flexibility index (Phi) is 6.97. The predicted molar refractivity (Wildman–Crippen MR) is 73.0 cm³/mol. The molecule has 19 heavy (non-hydrogen) atoms. The largest absolute Gasteiger partial charge is 0.384 e. The smallest absolute Gasteiger partial charge is 0.213 e. The van der Waals surface area contributed by atoms with E-state index in [9.17, 15) is 12.8 Å². The third-order valence-electron chi connectivity index (χ3n) is 2.71. The third kappa shape index (κ3) is 6.66. The summed E-state index contributed by atoms with van der Waals surface area (Å²) in [5, 5.41) is 0. The molecular formula is C13H20FNO3S. The SMILES string of the molecule is COCCS(=O)(=O)NCCCCc1ccccc1F. The molecule has 0 bridgehead atoms. The van der Waals surface area contributed by atoms with Gasteiger partial charge in [-0.1, -0.05) is 18.2 Å². The van der Waals surface area contributed by atoms with Crippen molar-refractivity contribution in [3.05, 3.63) is 35.6 Å². The van der Waals surface area contributed by atoms with Crippen molar-refractivity contribution in [1.82, 2.24) is 4.72 Å². The van der Waals surface area contributed by atoms with Crippen LogP contribution in [0, 0.1) is 5.82 Å². The van der Waals surface area contributed by atoms with Crippen LogP contribution in [0.25, 0.3) is 0 Å². The van der Waals surface area contributed by atoms with Gasteiger partial charge in [0.2, 0.25) is 10.0 Å². The lowest BCUT2D eigenvalue weighted by Crippen LogP contribution is -2.29. The van der Waals surface area contributed by atoms with Crippen LogP contribution >= 0.6 is 0 Å². The van der Waals surface area contributed by atoms with Crippen LogP contribution in [-0.4, -0.2) is 34.4 Å². The van der Waals surface area contributed by atoms with Crippen molar-refractivity contribution in [2.24, 2.45) is 0 Å². The molecule has 0 saturated carbocycles. The zero-order chi connectivity index (χ0) is 14.1. The van der Waals surface area contributed by atoms with Crippen molar-refractivity contribution in [1.29, 1.82) is 0 Å². The molecule has 0 atom stereocenters. The predicted octanol–water partition coefficient (Wildman–Crippen LogP) is 1.71. The molecule has 0 amide bonds. The lowest BCUT2D eigenvalue weighted by Gasteiger charge is -2.06. The summed E-state index contributed by atoms with van der Waals surface area (Å²) >= 11 is 0. The van der Waals surface area contributed by atoms with Gasteiger partial charge in [0.1, 0.15) is 5.82 Å². The summed E-state index contributed by atoms with van der Waals surface area (Å²) in [5.41, 5.74) is 0.671. The first-order chi connectivity index (χ1) is 9.05. The monoisotopic (exact) mass is 289 g/mol. The van der Waals surface area contributed by atoms with Crippen LogP contribution in [0.5, 0.6) is 0 Å². The topological polar surface area (TPSA) is 55.4 Å². The minimum Gasteiger partial charge on any atom is -0.384 e. The van der Waals surface area contributed by atoms with Crippen LogP contribution in [-0.2, 0) is 21.2 Å². The van der Waals surface area contributed by atoms with Gasteiger partial charge in [0.25, 0.3) is 0 Å². The maximum atomic E-state index is 13.3. The van der Waals surface area contributed by atoms with E-state index in [0.29, 0.717) is 24.9 Å². The summed E-state index contributed by atoms with van der Waals surface area (Å²) < 4.78 is 43.4. The van der Waals surface area contributed by atoms with Crippen LogP contribution < -0.4 is 4.72 Å². The Hall–Kier alpha value is -0.980. The van der Waals surface area contributed by atoms with Gasteiger partial charge in [-0.25, -0.2) is 17.5 Å². The molecule has 0 fully saturated rings. The first-order valence-corrected chi connectivity index (χ1v) is 7.90. The van der Waals surface area contributed by atoms with E-state index in [2.05, 4.69) is 4.72 Å². The van der Waals surface area contributed by atoms with Crippen LogP contribution in [0.15, 0.2) is 24.3 Å². The van der Waals surface area contributed by atoms with Crippen LogP contribution in [0.1, 0.15) is 18.4 Å². The van der Waals surface area contributed by atoms with E-state index >= 15 is 0 Å². The van der Waals surface area contributed by atoms with Gasteiger partial charge in [0, 0.05) is 13.7 Å². The second-order valence-electron chi connectivity index (χ2n) is 4.25. The zero-order valence-corrected chi connectivity index (χ0v) is 11.9. The number of hydrogen-bond acceptors (Lipinski definition) is 3. The van der Waals surface area contributed by atoms with Crippen molar-refractivity contribution in [2.45, 2.75) is 19.3 Å². The van der Waals surface area contributed by atoms with E-state index in [1.54, 1.807) is 18.2 Å². The van der Waals surface area contributed by atoms with Crippen molar-refractivity contribution in [3.63, 3.8) is 0 Å². The Morgan fingerprint density at radius 3 is 2.68 bits per heavy atom. The van der Waals surface area contributed by atoms with Crippen molar-refractivity contribution in [3.8, 4) is 0 Å². The molecule has 6 heteroatoms. The van der Waals surface area contributed by atoms with Crippen molar-refractivity contribution in [2.75, 3.05) is 26.0 Å². The molecule has 1 aromatic carbocycles. The van der Waals surface area contributed by atoms with Crippen LogP contribution in [0.3, 0.4) is 0 Å². The molecule has 1 rings (SSSR count). The lowest BCUT2D eigenvalue weighted by atomic mass is 10.1. The number of rotatable bonds is 9. The highest BCUT2D eigenvalue weighted by Gasteiger charge is 2.08. The van der Waals surface area contributed by atoms with E-state index in [4.69, 9.17) is 4.74 Å². The van der Waals surface area contributed by atoms with Crippen LogP contribution in [0.4, 0.5) is 4.39 Å². The van der Waals surface area contributed by atoms with Gasteiger partial charge in [-0.2, -0.15) is 0 Å². The normalized spacial score (nSPS) is 11.7. The summed E-state index contributed by atoms with van der Waals surface area (Å²) in [6, 6.07) is 6.63. The molecule has 0 aliphatic carbocycles. The van der Waals surface area contributed by atoms with Crippen molar-refractivity contribution >= 4 is 10.0 Å². The molecule has 108 valence electrons. The fourth-order valence-corrected chi connectivity index (χ4v) is 2.62. The van der Waals surface area contributed by atoms with E-state index in [0.717, 1.165) is 6.42 Å². The number of methoxy groups -OCH3 is 1. The second kappa shape index (κ2) is 8.24. The summed E-state index contributed by atoms with van der Waals surface area (Å²) in [7, 11) is -1.78. The van der Waals surface area contributed by atoms with E-state index < -0.39 is 10.0 Å². The highest BCUT2D eigenvalue weighted by atomic mass is 32.2. The van der Waals surface area contributed by atoms with Gasteiger partial charge in [0.15, 0.2) is 0 Å². The van der Waals surface area contributed by atoms with E-state index in [1.165, 1.54) is 13.2 Å². The fraction of sp³-hybridized carbons (Fsp3) is 0.538. The summed E-state index contributed by atoms with van der Waals surface area (Å²) in [6.07, 6.45) is 2.04. The minimum absolute atomic E-state index is 0.0309. The average molecular weight is 289 g/mol. The third-order valence-corrected chi connectivity index (χ3v) is 4.06. The van der Waals surface area contributed by atoms with Crippen molar-refractivity contribution < 1.29 is 17.5 Å². The van der Waals surface area contributed by atoms with E-state index in [1.807, 2.05) is 0 Å². The van der Waals surface area contributed by atoms with E-state index in [-0.39, 0.29) is 18.2 Å². The molecule has 0 aromatic heterocycles. The highest BCUT2D eigenvalue weighted by Crippen LogP contribution is 2.09. The number of hydrogen-bond donors (Lipinski definition) is 1. The van der Waals surface area contributed by atoms with Gasteiger partial charge >= 0.3 is 0 Å². The number of benzene rings is 1. The Morgan fingerprint density at radius 1 is 1.26 bits per heavy atom. The molecule has 0 radical (unpaired) electrons. The zero-order valence-electron chi connectivity index (χ0n) is 11.1. The van der Waals surface area contributed by atoms with Gasteiger partial charge in [0.05, 0.1) is 12.4 Å². The van der Waals surface area contributed by atoms with Gasteiger partial charge in [-0.15, -0.1) is 0 Å². The molecule has 0 spiro atoms. The number of nitrogens with one attached hydrogen (secondary N) is 1. The first-order valence-electron chi connectivity index (χ1n) is 6.25. The summed E-state index contributed by atoms with van der Waals surface area (Å²) in [6.45, 7) is 0.561. The molecule has 0 aliphatic heterocycles. The Balaban J connectivity index is 2.20. The standard InChI is InChI=1S/C13H20FNO3S/c1-18-10-11-19(16,17)15-9-5-4-7-12-6-2-3-8-13(12)14/h2-3,6,8,15H,4-5,7,9-11H2,1H3. The Bertz CT molecular complexity index is 477. The number of aryl methyl sites for hydroxylation is 1. The highest BCUT2D eigenvalue weighted by molar-refractivity contribution is 7.89. The summed E-state index contributed by atoms with van der Waals surface area (Å²) in [4.78, 5) is 0. The van der Waals surface area contributed by atoms with Crippen LogP contribution in [0.2, 0.25) is 0 Å². The Morgan fingerprint density at radius 2 is 2.00 bits per heavy atom. The minimum atomic E-state index is -3.25. The first kappa shape index (κ1) is 16.1. The van der Waals surface area contributed by atoms with Gasteiger partial charge in [-0.3, -0.25) is 0 Å². The lowest BCUT2D eigenvalue weighted by molar-refractivity contribution is 0.217. The quantitative estimate of drug-likeness (QED) is 0.704. The maximum Gasteiger partial charge on any atom is 0.213 e. The molecule has 4 nitrogen and oxygen atoms in total. The number of ether oxygens (including phenoxy) is 1. The average Bonchev–Trinajstić information content (AvgIpc) is 2.38. The maximum absolute atomic E-state index is 13.3. The molecule has 0 saturated heterocycles. The molecule has 1 N–H and O–H groups in total. The number of halogens is 1.